The Balaban J connectivity index is 2.44. The highest BCUT2D eigenvalue weighted by atomic mass is 16.5. The summed E-state index contributed by atoms with van der Waals surface area (Å²) in [4.78, 5) is 15.8. The second kappa shape index (κ2) is 6.18. The Morgan fingerprint density at radius 1 is 1.56 bits per heavy atom. The number of ether oxygens (including phenoxy) is 1. The van der Waals surface area contributed by atoms with Crippen molar-refractivity contribution < 1.29 is 14.6 Å². The maximum absolute atomic E-state index is 11.4. The number of aliphatic hydroxyl groups is 1. The zero-order valence-electron chi connectivity index (χ0n) is 10.3. The second-order valence-corrected chi connectivity index (χ2v) is 4.59. The lowest BCUT2D eigenvalue weighted by molar-refractivity contribution is -0.152. The van der Waals surface area contributed by atoms with Crippen molar-refractivity contribution in [1.82, 2.24) is 9.80 Å². The Morgan fingerprint density at radius 3 is 2.81 bits per heavy atom. The molecule has 0 unspecified atom stereocenters. The van der Waals surface area contributed by atoms with Gasteiger partial charge in [-0.3, -0.25) is 4.79 Å². The van der Waals surface area contributed by atoms with Crippen molar-refractivity contribution in [3.8, 4) is 0 Å². The first-order valence-electron chi connectivity index (χ1n) is 5.67. The summed E-state index contributed by atoms with van der Waals surface area (Å²) < 4.78 is 4.70. The van der Waals surface area contributed by atoms with E-state index in [1.54, 1.807) is 0 Å². The molecule has 94 valence electrons. The lowest BCUT2D eigenvalue weighted by atomic mass is 9.95. The van der Waals surface area contributed by atoms with Gasteiger partial charge >= 0.3 is 5.97 Å². The molecule has 1 aliphatic rings. The number of rotatable bonds is 4. The molecule has 0 bridgehead atoms. The van der Waals surface area contributed by atoms with Crippen molar-refractivity contribution in [2.45, 2.75) is 12.5 Å². The minimum Gasteiger partial charge on any atom is -0.469 e. The van der Waals surface area contributed by atoms with E-state index in [1.807, 2.05) is 14.1 Å². The van der Waals surface area contributed by atoms with Gasteiger partial charge in [0.15, 0.2) is 0 Å². The third-order valence-corrected chi connectivity index (χ3v) is 3.03. The van der Waals surface area contributed by atoms with Crippen LogP contribution in [-0.4, -0.2) is 74.4 Å². The number of methoxy groups -OCH3 is 1. The number of piperidine rings is 1. The number of hydrogen-bond donors (Lipinski definition) is 1. The predicted molar refractivity (Wildman–Crippen MR) is 61.1 cm³/mol. The molecule has 1 aliphatic heterocycles. The molecule has 0 aliphatic carbocycles. The smallest absolute Gasteiger partial charge is 0.312 e. The highest BCUT2D eigenvalue weighted by Crippen LogP contribution is 2.18. The molecule has 1 saturated heterocycles. The number of aliphatic hydroxyl groups excluding tert-OH is 1. The number of carbonyl (C=O) groups excluding carboxylic acids is 1. The van der Waals surface area contributed by atoms with E-state index in [1.165, 1.54) is 7.11 Å². The summed E-state index contributed by atoms with van der Waals surface area (Å²) in [5, 5.41) is 9.73. The summed E-state index contributed by atoms with van der Waals surface area (Å²) in [6.07, 6.45) is 0.0933. The first kappa shape index (κ1) is 13.4. The molecule has 2 atom stereocenters. The number of hydrogen-bond acceptors (Lipinski definition) is 5. The van der Waals surface area contributed by atoms with Gasteiger partial charge in [0.25, 0.3) is 0 Å². The number of nitrogens with zero attached hydrogens (tertiary/aromatic N) is 2. The molecule has 1 fully saturated rings. The van der Waals surface area contributed by atoms with E-state index in [-0.39, 0.29) is 11.9 Å². The topological polar surface area (TPSA) is 53.0 Å². The summed E-state index contributed by atoms with van der Waals surface area (Å²) in [7, 11) is 5.42. The minimum absolute atomic E-state index is 0.304. The average molecular weight is 230 g/mol. The minimum atomic E-state index is -0.553. The van der Waals surface area contributed by atoms with E-state index in [2.05, 4.69) is 9.80 Å². The quantitative estimate of drug-likeness (QED) is 0.654. The number of likely N-dealkylation sites (N-methyl/N-ethyl adjacent to an activating group) is 1. The number of likely N-dealkylation sites (tertiary alicyclic amines) is 1. The molecule has 1 rings (SSSR count). The fourth-order valence-corrected chi connectivity index (χ4v) is 1.93. The molecule has 0 aromatic carbocycles. The normalized spacial score (nSPS) is 27.1. The van der Waals surface area contributed by atoms with Crippen molar-refractivity contribution >= 4 is 5.97 Å². The molecule has 0 saturated carbocycles. The van der Waals surface area contributed by atoms with E-state index >= 15 is 0 Å². The summed E-state index contributed by atoms with van der Waals surface area (Å²) >= 11 is 0. The maximum Gasteiger partial charge on any atom is 0.312 e. The van der Waals surface area contributed by atoms with Crippen molar-refractivity contribution in [3.63, 3.8) is 0 Å². The summed E-state index contributed by atoms with van der Waals surface area (Å²) in [5.41, 5.74) is 0. The van der Waals surface area contributed by atoms with E-state index in [0.717, 1.165) is 19.6 Å². The van der Waals surface area contributed by atoms with Gasteiger partial charge in [0, 0.05) is 26.2 Å². The van der Waals surface area contributed by atoms with Gasteiger partial charge < -0.3 is 19.6 Å². The average Bonchev–Trinajstić information content (AvgIpc) is 2.27. The standard InChI is InChI=1S/C11H22N2O3/c1-12(2)6-7-13-5-4-10(14)9(8-13)11(15)16-3/h9-10,14H,4-8H2,1-3H3/t9-,10+/m0/s1. The van der Waals surface area contributed by atoms with Crippen LogP contribution in [-0.2, 0) is 9.53 Å². The van der Waals surface area contributed by atoms with Crippen LogP contribution < -0.4 is 0 Å². The number of esters is 1. The van der Waals surface area contributed by atoms with Crippen LogP contribution in [0, 0.1) is 5.92 Å². The van der Waals surface area contributed by atoms with Crippen molar-refractivity contribution in [2.24, 2.45) is 5.92 Å². The van der Waals surface area contributed by atoms with Crippen molar-refractivity contribution in [2.75, 3.05) is 47.4 Å². The fourth-order valence-electron chi connectivity index (χ4n) is 1.93. The molecule has 5 nitrogen and oxygen atoms in total. The van der Waals surface area contributed by atoms with Crippen molar-refractivity contribution in [1.29, 1.82) is 0 Å². The van der Waals surface area contributed by atoms with Gasteiger partial charge in [-0.15, -0.1) is 0 Å². The Bertz CT molecular complexity index is 233. The van der Waals surface area contributed by atoms with Gasteiger partial charge in [-0.2, -0.15) is 0 Å². The van der Waals surface area contributed by atoms with Crippen LogP contribution in [0.2, 0.25) is 0 Å². The van der Waals surface area contributed by atoms with Crippen LogP contribution >= 0.6 is 0 Å². The van der Waals surface area contributed by atoms with Crippen LogP contribution in [0.15, 0.2) is 0 Å². The Labute approximate surface area is 97.0 Å². The Morgan fingerprint density at radius 2 is 2.25 bits per heavy atom. The number of carbonyl (C=O) groups is 1. The lowest BCUT2D eigenvalue weighted by Crippen LogP contribution is -2.48. The molecular formula is C11H22N2O3. The lowest BCUT2D eigenvalue weighted by Gasteiger charge is -2.35. The summed E-state index contributed by atoms with van der Waals surface area (Å²) in [6, 6.07) is 0. The van der Waals surface area contributed by atoms with Gasteiger partial charge in [-0.1, -0.05) is 0 Å². The van der Waals surface area contributed by atoms with E-state index in [0.29, 0.717) is 13.0 Å². The summed E-state index contributed by atoms with van der Waals surface area (Å²) in [6.45, 7) is 3.33. The first-order chi connectivity index (χ1) is 7.54. The molecule has 0 aromatic rings. The second-order valence-electron chi connectivity index (χ2n) is 4.59. The van der Waals surface area contributed by atoms with Crippen LogP contribution in [0.25, 0.3) is 0 Å². The zero-order valence-corrected chi connectivity index (χ0v) is 10.3. The van der Waals surface area contributed by atoms with Gasteiger partial charge in [-0.25, -0.2) is 0 Å². The largest absolute Gasteiger partial charge is 0.469 e. The maximum atomic E-state index is 11.4. The predicted octanol–water partition coefficient (Wildman–Crippen LogP) is -0.596. The molecule has 1 heterocycles. The molecule has 0 amide bonds. The van der Waals surface area contributed by atoms with Gasteiger partial charge in [0.2, 0.25) is 0 Å². The zero-order chi connectivity index (χ0) is 12.1. The molecule has 0 radical (unpaired) electrons. The highest BCUT2D eigenvalue weighted by Gasteiger charge is 2.33. The van der Waals surface area contributed by atoms with E-state index in [9.17, 15) is 9.90 Å². The third kappa shape index (κ3) is 3.73. The van der Waals surface area contributed by atoms with Crippen LogP contribution in [0.4, 0.5) is 0 Å². The molecule has 0 aromatic heterocycles. The van der Waals surface area contributed by atoms with E-state index in [4.69, 9.17) is 4.74 Å². The van der Waals surface area contributed by atoms with Gasteiger partial charge in [0.05, 0.1) is 19.1 Å². The third-order valence-electron chi connectivity index (χ3n) is 3.03. The Kier molecular flexibility index (Phi) is 5.18. The van der Waals surface area contributed by atoms with Crippen LogP contribution in [0.3, 0.4) is 0 Å². The highest BCUT2D eigenvalue weighted by molar-refractivity contribution is 5.73. The SMILES string of the molecule is COC(=O)[C@H]1CN(CCN(C)C)CC[C@H]1O. The molecule has 16 heavy (non-hydrogen) atoms. The fraction of sp³-hybridized carbons (Fsp3) is 0.909. The molecule has 5 heteroatoms. The van der Waals surface area contributed by atoms with E-state index < -0.39 is 6.10 Å². The first-order valence-corrected chi connectivity index (χ1v) is 5.67. The molecule has 0 spiro atoms. The van der Waals surface area contributed by atoms with Crippen LogP contribution in [0.5, 0.6) is 0 Å². The van der Waals surface area contributed by atoms with Crippen LogP contribution in [0.1, 0.15) is 6.42 Å². The van der Waals surface area contributed by atoms with Gasteiger partial charge in [-0.05, 0) is 20.5 Å². The monoisotopic (exact) mass is 230 g/mol. The van der Waals surface area contributed by atoms with Gasteiger partial charge in [0.1, 0.15) is 0 Å². The molecule has 1 N–H and O–H groups in total. The molecular weight excluding hydrogens is 208 g/mol. The van der Waals surface area contributed by atoms with Crippen molar-refractivity contribution in [3.05, 3.63) is 0 Å². The Hall–Kier alpha value is -0.650. The summed E-state index contributed by atoms with van der Waals surface area (Å²) in [5.74, 6) is -0.692.